The molecule has 27 heavy (non-hydrogen) atoms. The Hall–Kier alpha value is -2.58. The number of imide groups is 2. The lowest BCUT2D eigenvalue weighted by molar-refractivity contribution is -0.136. The molecule has 0 saturated carbocycles. The number of nitrogens with one attached hydrogen (secondary N) is 2. The average Bonchev–Trinajstić information content (AvgIpc) is 2.86. The summed E-state index contributed by atoms with van der Waals surface area (Å²) in [5.74, 6) is -2.14. The van der Waals surface area contributed by atoms with Crippen molar-refractivity contribution in [3.8, 4) is 0 Å². The highest BCUT2D eigenvalue weighted by molar-refractivity contribution is 6.23. The number of nitrogens with zero attached hydrogens (tertiary/aromatic N) is 1. The zero-order valence-corrected chi connectivity index (χ0v) is 14.9. The fourth-order valence-corrected chi connectivity index (χ4v) is 4.23. The van der Waals surface area contributed by atoms with Crippen LogP contribution in [0, 0.1) is 0 Å². The molecule has 3 N–H and O–H groups in total. The van der Waals surface area contributed by atoms with Crippen LogP contribution in [-0.2, 0) is 15.2 Å². The zero-order valence-electron chi connectivity index (χ0n) is 14.9. The fraction of sp³-hybridized carbons (Fsp3) is 0.474. The van der Waals surface area contributed by atoms with E-state index in [0.29, 0.717) is 24.9 Å². The van der Waals surface area contributed by atoms with Crippen molar-refractivity contribution >= 4 is 23.6 Å². The first-order valence-corrected chi connectivity index (χ1v) is 9.12. The van der Waals surface area contributed by atoms with Crippen LogP contribution >= 0.6 is 0 Å². The Balaban J connectivity index is 1.66. The standard InChI is InChI=1S/C19H21N3O5/c1-10-9-19(27,6-7-20-10)11-2-3-12-13(8-11)18(26)22(17(12)25)14-4-5-15(23)21-16(14)24/h2-3,8,10,14,20,27H,4-7,9H2,1H3,(H,21,23,24). The van der Waals surface area contributed by atoms with Gasteiger partial charge in [0.15, 0.2) is 0 Å². The van der Waals surface area contributed by atoms with Gasteiger partial charge in [0.05, 0.1) is 16.7 Å². The average molecular weight is 371 g/mol. The molecule has 4 amide bonds. The van der Waals surface area contributed by atoms with E-state index in [1.54, 1.807) is 18.2 Å². The SMILES string of the molecule is CC1CC(O)(c2ccc3c(c2)C(=O)N(C2CCC(=O)NC2=O)C3=O)CCN1. The van der Waals surface area contributed by atoms with Gasteiger partial charge >= 0.3 is 0 Å². The lowest BCUT2D eigenvalue weighted by Crippen LogP contribution is -2.54. The molecule has 8 nitrogen and oxygen atoms in total. The summed E-state index contributed by atoms with van der Waals surface area (Å²) in [5.41, 5.74) is -0.0489. The van der Waals surface area contributed by atoms with E-state index in [-0.39, 0.29) is 30.0 Å². The van der Waals surface area contributed by atoms with E-state index in [4.69, 9.17) is 0 Å². The largest absolute Gasteiger partial charge is 0.385 e. The second-order valence-electron chi connectivity index (χ2n) is 7.55. The lowest BCUT2D eigenvalue weighted by atomic mass is 9.81. The van der Waals surface area contributed by atoms with Crippen molar-refractivity contribution in [2.45, 2.75) is 50.3 Å². The predicted octanol–water partition coefficient (Wildman–Crippen LogP) is 0.0473. The number of piperidine rings is 2. The Morgan fingerprint density at radius 2 is 1.89 bits per heavy atom. The third-order valence-electron chi connectivity index (χ3n) is 5.65. The molecule has 3 aliphatic rings. The van der Waals surface area contributed by atoms with Crippen LogP contribution in [0.3, 0.4) is 0 Å². The van der Waals surface area contributed by atoms with Crippen LogP contribution in [0.4, 0.5) is 0 Å². The summed E-state index contributed by atoms with van der Waals surface area (Å²) in [6.07, 6.45) is 1.22. The number of aliphatic hydroxyl groups is 1. The molecule has 8 heteroatoms. The summed E-state index contributed by atoms with van der Waals surface area (Å²) in [5, 5.41) is 16.5. The topological polar surface area (TPSA) is 116 Å². The Morgan fingerprint density at radius 1 is 1.15 bits per heavy atom. The van der Waals surface area contributed by atoms with Crippen molar-refractivity contribution in [1.29, 1.82) is 0 Å². The van der Waals surface area contributed by atoms with Gasteiger partial charge in [-0.25, -0.2) is 0 Å². The lowest BCUT2D eigenvalue weighted by Gasteiger charge is -2.36. The van der Waals surface area contributed by atoms with Gasteiger partial charge in [0, 0.05) is 12.5 Å². The molecule has 2 saturated heterocycles. The second kappa shape index (κ2) is 6.24. The minimum atomic E-state index is -1.06. The molecule has 0 spiro atoms. The Morgan fingerprint density at radius 3 is 2.59 bits per heavy atom. The van der Waals surface area contributed by atoms with Crippen LogP contribution in [0.25, 0.3) is 0 Å². The molecule has 0 bridgehead atoms. The van der Waals surface area contributed by atoms with Gasteiger partial charge in [-0.05, 0) is 50.4 Å². The van der Waals surface area contributed by atoms with E-state index in [1.807, 2.05) is 6.92 Å². The first-order valence-electron chi connectivity index (χ1n) is 9.12. The summed E-state index contributed by atoms with van der Waals surface area (Å²) in [6, 6.07) is 3.94. The molecule has 1 aromatic carbocycles. The van der Waals surface area contributed by atoms with Crippen LogP contribution in [0.1, 0.15) is 58.9 Å². The highest BCUT2D eigenvalue weighted by atomic mass is 16.3. The zero-order chi connectivity index (χ0) is 19.3. The first-order chi connectivity index (χ1) is 12.8. The fourth-order valence-electron chi connectivity index (χ4n) is 4.23. The van der Waals surface area contributed by atoms with Crippen LogP contribution in [0.5, 0.6) is 0 Å². The van der Waals surface area contributed by atoms with E-state index in [1.165, 1.54) is 0 Å². The maximum absolute atomic E-state index is 12.9. The van der Waals surface area contributed by atoms with Gasteiger partial charge in [-0.1, -0.05) is 6.07 Å². The van der Waals surface area contributed by atoms with E-state index >= 15 is 0 Å². The van der Waals surface area contributed by atoms with Crippen molar-refractivity contribution < 1.29 is 24.3 Å². The predicted molar refractivity (Wildman–Crippen MR) is 93.7 cm³/mol. The maximum Gasteiger partial charge on any atom is 0.262 e. The molecule has 142 valence electrons. The van der Waals surface area contributed by atoms with E-state index in [2.05, 4.69) is 10.6 Å². The molecule has 2 fully saturated rings. The minimum absolute atomic E-state index is 0.0830. The second-order valence-corrected chi connectivity index (χ2v) is 7.55. The highest BCUT2D eigenvalue weighted by Crippen LogP contribution is 2.36. The summed E-state index contributed by atoms with van der Waals surface area (Å²) >= 11 is 0. The normalized spacial score (nSPS) is 31.1. The smallest absolute Gasteiger partial charge is 0.262 e. The van der Waals surface area contributed by atoms with Gasteiger partial charge in [-0.15, -0.1) is 0 Å². The number of amides is 4. The van der Waals surface area contributed by atoms with Crippen LogP contribution in [0.2, 0.25) is 0 Å². The third-order valence-corrected chi connectivity index (χ3v) is 5.65. The Bertz CT molecular complexity index is 867. The molecule has 3 aliphatic heterocycles. The van der Waals surface area contributed by atoms with Gasteiger partial charge in [0.1, 0.15) is 6.04 Å². The van der Waals surface area contributed by atoms with Crippen molar-refractivity contribution in [2.75, 3.05) is 6.54 Å². The molecular formula is C19H21N3O5. The minimum Gasteiger partial charge on any atom is -0.385 e. The summed E-state index contributed by atoms with van der Waals surface area (Å²) in [7, 11) is 0. The first kappa shape index (κ1) is 17.8. The molecule has 3 atom stereocenters. The van der Waals surface area contributed by atoms with Crippen molar-refractivity contribution in [3.63, 3.8) is 0 Å². The maximum atomic E-state index is 12.9. The van der Waals surface area contributed by atoms with E-state index < -0.39 is 35.3 Å². The number of rotatable bonds is 2. The van der Waals surface area contributed by atoms with Gasteiger partial charge in [0.25, 0.3) is 11.8 Å². The highest BCUT2D eigenvalue weighted by Gasteiger charge is 2.45. The number of carbonyl (C=O) groups is 4. The molecule has 1 aromatic rings. The van der Waals surface area contributed by atoms with Gasteiger partial charge in [-0.2, -0.15) is 0 Å². The molecule has 3 unspecified atom stereocenters. The molecular weight excluding hydrogens is 350 g/mol. The van der Waals surface area contributed by atoms with Gasteiger partial charge < -0.3 is 10.4 Å². The number of benzene rings is 1. The number of carbonyl (C=O) groups excluding carboxylic acids is 4. The monoisotopic (exact) mass is 371 g/mol. The summed E-state index contributed by atoms with van der Waals surface area (Å²) in [6.45, 7) is 2.64. The van der Waals surface area contributed by atoms with Gasteiger partial charge in [-0.3, -0.25) is 29.4 Å². The summed E-state index contributed by atoms with van der Waals surface area (Å²) < 4.78 is 0. The Kier molecular flexibility index (Phi) is 4.12. The van der Waals surface area contributed by atoms with Gasteiger partial charge in [0.2, 0.25) is 11.8 Å². The van der Waals surface area contributed by atoms with E-state index in [0.717, 1.165) is 4.90 Å². The quantitative estimate of drug-likeness (QED) is 0.633. The molecule has 4 rings (SSSR count). The third kappa shape index (κ3) is 2.85. The Labute approximate surface area is 155 Å². The molecule has 0 radical (unpaired) electrons. The van der Waals surface area contributed by atoms with Crippen molar-refractivity contribution in [3.05, 3.63) is 34.9 Å². The van der Waals surface area contributed by atoms with Crippen LogP contribution in [-0.4, -0.2) is 52.3 Å². The van der Waals surface area contributed by atoms with Crippen molar-refractivity contribution in [1.82, 2.24) is 15.5 Å². The molecule has 3 heterocycles. The summed E-state index contributed by atoms with van der Waals surface area (Å²) in [4.78, 5) is 50.0. The molecule has 0 aromatic heterocycles. The number of fused-ring (bicyclic) bond motifs is 1. The number of hydrogen-bond donors (Lipinski definition) is 3. The van der Waals surface area contributed by atoms with Crippen LogP contribution < -0.4 is 10.6 Å². The van der Waals surface area contributed by atoms with Crippen molar-refractivity contribution in [2.24, 2.45) is 0 Å². The van der Waals surface area contributed by atoms with Crippen LogP contribution in [0.15, 0.2) is 18.2 Å². The molecule has 0 aliphatic carbocycles. The van der Waals surface area contributed by atoms with E-state index in [9.17, 15) is 24.3 Å². The number of hydrogen-bond acceptors (Lipinski definition) is 6.